The van der Waals surface area contributed by atoms with Crippen molar-refractivity contribution in [1.29, 1.82) is 0 Å². The van der Waals surface area contributed by atoms with E-state index in [1.165, 1.54) is 23.1 Å². The van der Waals surface area contributed by atoms with Crippen molar-refractivity contribution < 1.29 is 19.1 Å². The molecule has 0 bridgehead atoms. The molecule has 4 rings (SSSR count). The van der Waals surface area contributed by atoms with Gasteiger partial charge < -0.3 is 25.0 Å². The molecule has 0 spiro atoms. The second-order valence-corrected chi connectivity index (χ2v) is 12.7. The molecule has 1 aliphatic rings. The largest absolute Gasteiger partial charge is 0.453 e. The molecule has 11 heteroatoms. The number of aromatic nitrogens is 2. The zero-order valence-electron chi connectivity index (χ0n) is 23.6. The third-order valence-corrected chi connectivity index (χ3v) is 8.36. The Hall–Kier alpha value is -3.31. The zero-order valence-corrected chi connectivity index (χ0v) is 25.2. The molecule has 2 aromatic heterocycles. The van der Waals surface area contributed by atoms with Crippen molar-refractivity contribution in [2.45, 2.75) is 63.2 Å². The molecule has 40 heavy (non-hydrogen) atoms. The summed E-state index contributed by atoms with van der Waals surface area (Å²) in [7, 11) is 0. The minimum Gasteiger partial charge on any atom is -0.453 e. The molecule has 9 nitrogen and oxygen atoms in total. The first-order valence-corrected chi connectivity index (χ1v) is 15.2. The number of likely N-dealkylation sites (tertiary alicyclic amines) is 1. The Kier molecular flexibility index (Phi) is 9.91. The van der Waals surface area contributed by atoms with Crippen LogP contribution in [0.5, 0.6) is 11.5 Å². The fraction of sp³-hybridized carbons (Fsp3) is 0.448. The molecule has 1 aromatic carbocycles. The van der Waals surface area contributed by atoms with Gasteiger partial charge in [0, 0.05) is 36.1 Å². The van der Waals surface area contributed by atoms with Crippen LogP contribution >= 0.6 is 23.1 Å². The molecule has 0 radical (unpaired) electrons. The molecule has 1 fully saturated rings. The number of rotatable bonds is 9. The summed E-state index contributed by atoms with van der Waals surface area (Å²) >= 11 is 2.97. The summed E-state index contributed by atoms with van der Waals surface area (Å²) in [5, 5.41) is 8.61. The number of thioether (sulfide) groups is 1. The first-order valence-electron chi connectivity index (χ1n) is 13.5. The second kappa shape index (κ2) is 13.4. The molecule has 1 atom stereocenters. The lowest BCUT2D eigenvalue weighted by molar-refractivity contribution is -0.121. The summed E-state index contributed by atoms with van der Waals surface area (Å²) in [5.74, 6) is 1.83. The van der Waals surface area contributed by atoms with Crippen molar-refractivity contribution in [3.63, 3.8) is 0 Å². The number of anilines is 2. The van der Waals surface area contributed by atoms with Crippen LogP contribution in [0.2, 0.25) is 0 Å². The van der Waals surface area contributed by atoms with Crippen molar-refractivity contribution in [2.24, 2.45) is 5.92 Å². The van der Waals surface area contributed by atoms with Gasteiger partial charge in [-0.05, 0) is 71.6 Å². The molecule has 0 saturated carbocycles. The van der Waals surface area contributed by atoms with Crippen molar-refractivity contribution in [2.75, 3.05) is 25.0 Å². The van der Waals surface area contributed by atoms with Gasteiger partial charge in [-0.2, -0.15) is 0 Å². The van der Waals surface area contributed by atoms with E-state index in [0.717, 1.165) is 15.7 Å². The van der Waals surface area contributed by atoms with Crippen LogP contribution in [0.4, 0.5) is 15.7 Å². The lowest BCUT2D eigenvalue weighted by atomic mass is 9.93. The van der Waals surface area contributed by atoms with Crippen LogP contribution in [0.1, 0.15) is 46.2 Å². The van der Waals surface area contributed by atoms with Gasteiger partial charge in [0.1, 0.15) is 11.4 Å². The summed E-state index contributed by atoms with van der Waals surface area (Å²) in [6.07, 6.45) is 2.86. The van der Waals surface area contributed by atoms with Crippen molar-refractivity contribution in [3.05, 3.63) is 53.7 Å². The van der Waals surface area contributed by atoms with Crippen LogP contribution in [-0.4, -0.2) is 57.4 Å². The lowest BCUT2D eigenvalue weighted by Crippen LogP contribution is -2.46. The number of carbonyl (C=O) groups is 2. The van der Waals surface area contributed by atoms with Crippen LogP contribution < -0.4 is 15.4 Å². The number of ether oxygens (including phenoxy) is 2. The van der Waals surface area contributed by atoms with E-state index in [-0.39, 0.29) is 23.2 Å². The number of piperidine rings is 1. The van der Waals surface area contributed by atoms with E-state index in [9.17, 15) is 9.59 Å². The number of para-hydroxylation sites is 1. The molecular weight excluding hydrogens is 546 g/mol. The number of benzene rings is 1. The Morgan fingerprint density at radius 1 is 1.20 bits per heavy atom. The second-order valence-electron chi connectivity index (χ2n) is 10.6. The average Bonchev–Trinajstić information content (AvgIpc) is 3.33. The number of nitrogens with zero attached hydrogens (tertiary/aromatic N) is 3. The van der Waals surface area contributed by atoms with Gasteiger partial charge in [-0.25, -0.2) is 14.8 Å². The highest BCUT2D eigenvalue weighted by Crippen LogP contribution is 2.39. The highest BCUT2D eigenvalue weighted by Gasteiger charge is 2.34. The normalized spacial score (nSPS) is 14.9. The van der Waals surface area contributed by atoms with Crippen LogP contribution in [0, 0.1) is 12.8 Å². The van der Waals surface area contributed by atoms with Crippen molar-refractivity contribution in [1.82, 2.24) is 20.2 Å². The molecular formula is C29H37N5O4S2. The van der Waals surface area contributed by atoms with Crippen LogP contribution in [0.25, 0.3) is 0 Å². The molecule has 1 unspecified atom stereocenters. The van der Waals surface area contributed by atoms with E-state index in [0.29, 0.717) is 49.8 Å². The number of aryl methyl sites for hydroxylation is 1. The average molecular weight is 584 g/mol. The number of amides is 2. The zero-order chi connectivity index (χ0) is 28.7. The fourth-order valence-corrected chi connectivity index (χ4v) is 6.21. The minimum absolute atomic E-state index is 0.0193. The van der Waals surface area contributed by atoms with E-state index in [1.807, 2.05) is 76.4 Å². The van der Waals surface area contributed by atoms with Gasteiger partial charge in [0.15, 0.2) is 16.7 Å². The van der Waals surface area contributed by atoms with Gasteiger partial charge >= 0.3 is 6.09 Å². The molecule has 3 heterocycles. The fourth-order valence-electron chi connectivity index (χ4n) is 4.29. The Labute approximate surface area is 244 Å². The number of hydrogen-bond acceptors (Lipinski definition) is 9. The quantitative estimate of drug-likeness (QED) is 0.271. The van der Waals surface area contributed by atoms with E-state index >= 15 is 0 Å². The Morgan fingerprint density at radius 2 is 1.93 bits per heavy atom. The third kappa shape index (κ3) is 8.34. The molecule has 0 aliphatic carbocycles. The topological polar surface area (TPSA) is 106 Å². The number of thiazole rings is 1. The van der Waals surface area contributed by atoms with Crippen molar-refractivity contribution in [3.8, 4) is 11.5 Å². The van der Waals surface area contributed by atoms with Gasteiger partial charge in [-0.1, -0.05) is 18.2 Å². The van der Waals surface area contributed by atoms with Crippen LogP contribution in [0.3, 0.4) is 0 Å². The summed E-state index contributed by atoms with van der Waals surface area (Å²) < 4.78 is 11.8. The predicted molar refractivity (Wildman–Crippen MR) is 160 cm³/mol. The molecule has 3 aromatic rings. The van der Waals surface area contributed by atoms with Crippen LogP contribution in [-0.2, 0) is 9.53 Å². The summed E-state index contributed by atoms with van der Waals surface area (Å²) in [6, 6.07) is 11.4. The number of carbonyl (C=O) groups excluding carboxylic acids is 2. The van der Waals surface area contributed by atoms with Gasteiger partial charge in [-0.3, -0.25) is 4.79 Å². The van der Waals surface area contributed by atoms with E-state index < -0.39 is 5.60 Å². The molecule has 1 saturated heterocycles. The minimum atomic E-state index is -0.542. The van der Waals surface area contributed by atoms with Gasteiger partial charge in [-0.15, -0.1) is 23.1 Å². The predicted octanol–water partition coefficient (Wildman–Crippen LogP) is 6.63. The van der Waals surface area contributed by atoms with E-state index in [1.54, 1.807) is 11.1 Å². The number of pyridine rings is 1. The molecule has 2 N–H and O–H groups in total. The Morgan fingerprint density at radius 3 is 2.55 bits per heavy atom. The smallest absolute Gasteiger partial charge is 0.410 e. The maximum absolute atomic E-state index is 13.2. The van der Waals surface area contributed by atoms with E-state index in [2.05, 4.69) is 20.6 Å². The highest BCUT2D eigenvalue weighted by atomic mass is 32.2. The van der Waals surface area contributed by atoms with Crippen molar-refractivity contribution >= 4 is 46.0 Å². The Balaban J connectivity index is 1.53. The number of nitrogens with one attached hydrogen (secondary N) is 2. The first kappa shape index (κ1) is 29.7. The van der Waals surface area contributed by atoms with Gasteiger partial charge in [0.05, 0.1) is 10.9 Å². The maximum atomic E-state index is 13.2. The third-order valence-electron chi connectivity index (χ3n) is 6.13. The van der Waals surface area contributed by atoms with Gasteiger partial charge in [0.2, 0.25) is 5.91 Å². The molecule has 214 valence electrons. The number of hydrogen-bond donors (Lipinski definition) is 2. The standard InChI is InChI=1S/C29H37N5O4S2/c1-6-30-26(35)24(20-12-14-34(15-13-20)28(36)38-29(3,4)5)40-22-16-23(37-21-10-8-7-9-11-21)25(31-17-22)33-27-32-19(2)18-39-27/h7-11,16-18,20,24H,6,12-15H2,1-5H3,(H,30,35)(H,31,32,33). The first-order chi connectivity index (χ1) is 19.1. The summed E-state index contributed by atoms with van der Waals surface area (Å²) in [6.45, 7) is 11.1. The molecule has 1 aliphatic heterocycles. The summed E-state index contributed by atoms with van der Waals surface area (Å²) in [5.41, 5.74) is 0.381. The lowest BCUT2D eigenvalue weighted by Gasteiger charge is -2.36. The SMILES string of the molecule is CCNC(=O)C(Sc1cnc(Nc2nc(C)cs2)c(Oc2ccccc2)c1)C1CCN(C(=O)OC(C)(C)C)CC1. The van der Waals surface area contributed by atoms with E-state index in [4.69, 9.17) is 9.47 Å². The highest BCUT2D eigenvalue weighted by molar-refractivity contribution is 8.00. The van der Waals surface area contributed by atoms with Gasteiger partial charge in [0.25, 0.3) is 0 Å². The van der Waals surface area contributed by atoms with Crippen LogP contribution in [0.15, 0.2) is 52.9 Å². The Bertz CT molecular complexity index is 1290. The summed E-state index contributed by atoms with van der Waals surface area (Å²) in [4.78, 5) is 37.5. The maximum Gasteiger partial charge on any atom is 0.410 e. The monoisotopic (exact) mass is 583 g/mol. The molecule has 2 amide bonds.